The normalized spacial score (nSPS) is 11.6. The monoisotopic (exact) mass is 312 g/mol. The molecule has 0 heterocycles. The number of carbonyl (C=O) groups excluding carboxylic acids is 1. The lowest BCUT2D eigenvalue weighted by molar-refractivity contribution is 0.233. The van der Waals surface area contributed by atoms with Crippen molar-refractivity contribution in [3.63, 3.8) is 0 Å². The fraction of sp³-hybridized carbons (Fsp3) is 0.316. The van der Waals surface area contributed by atoms with Gasteiger partial charge in [0.15, 0.2) is 0 Å². The minimum absolute atomic E-state index is 0.0317. The molecule has 2 aromatic rings. The smallest absolute Gasteiger partial charge is 0.315 e. The van der Waals surface area contributed by atoms with Gasteiger partial charge in [0.1, 0.15) is 12.4 Å². The first-order chi connectivity index (χ1) is 11.1. The summed E-state index contributed by atoms with van der Waals surface area (Å²) in [6.45, 7) is 6.90. The Balaban J connectivity index is 1.73. The van der Waals surface area contributed by atoms with E-state index in [1.54, 1.807) is 0 Å². The Labute approximate surface area is 137 Å². The van der Waals surface area contributed by atoms with Crippen molar-refractivity contribution in [2.45, 2.75) is 26.8 Å². The van der Waals surface area contributed by atoms with E-state index in [0.29, 0.717) is 13.2 Å². The third-order valence-electron chi connectivity index (χ3n) is 3.69. The molecule has 1 unspecified atom stereocenters. The second-order valence-corrected chi connectivity index (χ2v) is 5.60. The Bertz CT molecular complexity index is 621. The van der Waals surface area contributed by atoms with E-state index in [1.165, 1.54) is 0 Å². The highest BCUT2D eigenvalue weighted by molar-refractivity contribution is 5.74. The molecule has 0 radical (unpaired) electrons. The van der Waals surface area contributed by atoms with Gasteiger partial charge in [-0.2, -0.15) is 0 Å². The molecule has 0 spiro atoms. The topological polar surface area (TPSA) is 50.4 Å². The lowest BCUT2D eigenvalue weighted by Crippen LogP contribution is -2.39. The zero-order valence-corrected chi connectivity index (χ0v) is 13.9. The molecule has 0 saturated carbocycles. The molecule has 0 saturated heterocycles. The van der Waals surface area contributed by atoms with Gasteiger partial charge in [0, 0.05) is 0 Å². The van der Waals surface area contributed by atoms with E-state index in [4.69, 9.17) is 4.74 Å². The molecule has 0 aliphatic carbocycles. The number of ether oxygens (including phenoxy) is 1. The number of benzene rings is 2. The molecule has 0 aromatic heterocycles. The standard InChI is InChI=1S/C19H24N2O2/c1-14-8-7-9-15(2)18(14)23-13-12-20-19(22)21-16(3)17-10-5-4-6-11-17/h4-11,16H,12-13H2,1-3H3,(H2,20,21,22). The van der Waals surface area contributed by atoms with Gasteiger partial charge < -0.3 is 15.4 Å². The molecule has 0 fully saturated rings. The molecule has 1 atom stereocenters. The van der Waals surface area contributed by atoms with Crippen LogP contribution in [0.1, 0.15) is 29.7 Å². The van der Waals surface area contributed by atoms with Crippen molar-refractivity contribution < 1.29 is 9.53 Å². The first-order valence-corrected chi connectivity index (χ1v) is 7.86. The van der Waals surface area contributed by atoms with Crippen LogP contribution in [0, 0.1) is 13.8 Å². The maximum absolute atomic E-state index is 11.9. The molecular weight excluding hydrogens is 288 g/mol. The molecule has 2 rings (SSSR count). The third-order valence-corrected chi connectivity index (χ3v) is 3.69. The minimum atomic E-state index is -0.188. The summed E-state index contributed by atoms with van der Waals surface area (Å²) in [6.07, 6.45) is 0. The van der Waals surface area contributed by atoms with Crippen LogP contribution in [0.25, 0.3) is 0 Å². The lowest BCUT2D eigenvalue weighted by Gasteiger charge is -2.16. The van der Waals surface area contributed by atoms with Crippen molar-refractivity contribution in [3.05, 3.63) is 65.2 Å². The molecular formula is C19H24N2O2. The molecule has 2 aromatic carbocycles. The van der Waals surface area contributed by atoms with Gasteiger partial charge in [-0.15, -0.1) is 0 Å². The van der Waals surface area contributed by atoms with Crippen molar-refractivity contribution in [2.75, 3.05) is 13.2 Å². The van der Waals surface area contributed by atoms with E-state index in [0.717, 1.165) is 22.4 Å². The molecule has 23 heavy (non-hydrogen) atoms. The highest BCUT2D eigenvalue weighted by Gasteiger charge is 2.08. The molecule has 0 aliphatic rings. The highest BCUT2D eigenvalue weighted by Crippen LogP contribution is 2.21. The number of nitrogens with one attached hydrogen (secondary N) is 2. The zero-order valence-electron chi connectivity index (χ0n) is 13.9. The van der Waals surface area contributed by atoms with Gasteiger partial charge in [-0.05, 0) is 37.5 Å². The first kappa shape index (κ1) is 16.9. The molecule has 0 aliphatic heterocycles. The average Bonchev–Trinajstić information content (AvgIpc) is 2.54. The maximum Gasteiger partial charge on any atom is 0.315 e. The number of rotatable bonds is 6. The highest BCUT2D eigenvalue weighted by atomic mass is 16.5. The second kappa shape index (κ2) is 8.22. The number of aryl methyl sites for hydroxylation is 2. The molecule has 4 heteroatoms. The fourth-order valence-corrected chi connectivity index (χ4v) is 2.42. The molecule has 2 N–H and O–H groups in total. The number of para-hydroxylation sites is 1. The number of hydrogen-bond acceptors (Lipinski definition) is 2. The predicted molar refractivity (Wildman–Crippen MR) is 92.8 cm³/mol. The van der Waals surface area contributed by atoms with Gasteiger partial charge >= 0.3 is 6.03 Å². The van der Waals surface area contributed by atoms with Crippen molar-refractivity contribution >= 4 is 6.03 Å². The quantitative estimate of drug-likeness (QED) is 0.798. The van der Waals surface area contributed by atoms with Crippen LogP contribution >= 0.6 is 0 Å². The second-order valence-electron chi connectivity index (χ2n) is 5.60. The van der Waals surface area contributed by atoms with Crippen molar-refractivity contribution in [3.8, 4) is 5.75 Å². The van der Waals surface area contributed by atoms with E-state index >= 15 is 0 Å². The molecule has 4 nitrogen and oxygen atoms in total. The SMILES string of the molecule is Cc1cccc(C)c1OCCNC(=O)NC(C)c1ccccc1. The van der Waals surface area contributed by atoms with E-state index in [1.807, 2.05) is 69.3 Å². The Morgan fingerprint density at radius 3 is 2.35 bits per heavy atom. The van der Waals surface area contributed by atoms with Crippen LogP contribution in [0.3, 0.4) is 0 Å². The summed E-state index contributed by atoms with van der Waals surface area (Å²) < 4.78 is 5.77. The van der Waals surface area contributed by atoms with Gasteiger partial charge in [0.25, 0.3) is 0 Å². The van der Waals surface area contributed by atoms with Gasteiger partial charge in [0.05, 0.1) is 12.6 Å². The maximum atomic E-state index is 11.9. The Kier molecular flexibility index (Phi) is 6.03. The summed E-state index contributed by atoms with van der Waals surface area (Å²) in [5, 5.41) is 5.73. The van der Waals surface area contributed by atoms with Crippen LogP contribution in [0.2, 0.25) is 0 Å². The summed E-state index contributed by atoms with van der Waals surface area (Å²) in [4.78, 5) is 11.9. The van der Waals surface area contributed by atoms with E-state index in [-0.39, 0.29) is 12.1 Å². The van der Waals surface area contributed by atoms with Crippen molar-refractivity contribution in [2.24, 2.45) is 0 Å². The summed E-state index contributed by atoms with van der Waals surface area (Å²) in [6, 6.07) is 15.7. The van der Waals surface area contributed by atoms with Crippen LogP contribution in [0.4, 0.5) is 4.79 Å². The van der Waals surface area contributed by atoms with Crippen molar-refractivity contribution in [1.82, 2.24) is 10.6 Å². The van der Waals surface area contributed by atoms with Gasteiger partial charge in [0.2, 0.25) is 0 Å². The zero-order chi connectivity index (χ0) is 16.7. The van der Waals surface area contributed by atoms with Gasteiger partial charge in [-0.25, -0.2) is 4.79 Å². The summed E-state index contributed by atoms with van der Waals surface area (Å²) >= 11 is 0. The number of urea groups is 1. The van der Waals surface area contributed by atoms with E-state index in [9.17, 15) is 4.79 Å². The Hall–Kier alpha value is -2.49. The molecule has 0 bridgehead atoms. The van der Waals surface area contributed by atoms with E-state index < -0.39 is 0 Å². The summed E-state index contributed by atoms with van der Waals surface area (Å²) in [5.74, 6) is 0.896. The largest absolute Gasteiger partial charge is 0.491 e. The number of carbonyl (C=O) groups is 1. The van der Waals surface area contributed by atoms with Gasteiger partial charge in [-0.3, -0.25) is 0 Å². The van der Waals surface area contributed by atoms with E-state index in [2.05, 4.69) is 10.6 Å². The Morgan fingerprint density at radius 2 is 1.70 bits per heavy atom. The predicted octanol–water partition coefficient (Wildman–Crippen LogP) is 3.74. The van der Waals surface area contributed by atoms with Crippen LogP contribution in [-0.4, -0.2) is 19.2 Å². The summed E-state index contributed by atoms with van der Waals surface area (Å²) in [5.41, 5.74) is 3.29. The van der Waals surface area contributed by atoms with Crippen LogP contribution in [0.5, 0.6) is 5.75 Å². The number of amides is 2. The fourth-order valence-electron chi connectivity index (χ4n) is 2.42. The molecule has 122 valence electrons. The van der Waals surface area contributed by atoms with Crippen LogP contribution < -0.4 is 15.4 Å². The van der Waals surface area contributed by atoms with Crippen molar-refractivity contribution in [1.29, 1.82) is 0 Å². The average molecular weight is 312 g/mol. The summed E-state index contributed by atoms with van der Waals surface area (Å²) in [7, 11) is 0. The minimum Gasteiger partial charge on any atom is -0.491 e. The lowest BCUT2D eigenvalue weighted by atomic mass is 10.1. The van der Waals surface area contributed by atoms with Crippen LogP contribution in [-0.2, 0) is 0 Å². The molecule has 2 amide bonds. The Morgan fingerprint density at radius 1 is 1.04 bits per heavy atom. The van der Waals surface area contributed by atoms with Gasteiger partial charge in [-0.1, -0.05) is 48.5 Å². The third kappa shape index (κ3) is 5.02. The van der Waals surface area contributed by atoms with Crippen LogP contribution in [0.15, 0.2) is 48.5 Å². The first-order valence-electron chi connectivity index (χ1n) is 7.86. The number of hydrogen-bond donors (Lipinski definition) is 2.